The van der Waals surface area contributed by atoms with Crippen molar-refractivity contribution in [3.05, 3.63) is 23.9 Å². The van der Waals surface area contributed by atoms with Gasteiger partial charge in [-0.1, -0.05) is 31.2 Å². The summed E-state index contributed by atoms with van der Waals surface area (Å²) < 4.78 is 26.8. The monoisotopic (exact) mass is 308 g/mol. The molecule has 1 aliphatic carbocycles. The SMILES string of the molecule is O=S(=O)(CC1CCCCC1)Nc1cccc(C#CCO)n1. The summed E-state index contributed by atoms with van der Waals surface area (Å²) in [6, 6.07) is 4.96. The van der Waals surface area contributed by atoms with Crippen molar-refractivity contribution < 1.29 is 13.5 Å². The highest BCUT2D eigenvalue weighted by Gasteiger charge is 2.21. The van der Waals surface area contributed by atoms with E-state index in [2.05, 4.69) is 21.5 Å². The molecule has 1 saturated carbocycles. The molecule has 0 spiro atoms. The first kappa shape index (κ1) is 15.8. The van der Waals surface area contributed by atoms with E-state index in [1.807, 2.05) is 0 Å². The van der Waals surface area contributed by atoms with Crippen LogP contribution in [-0.4, -0.2) is 30.9 Å². The summed E-state index contributed by atoms with van der Waals surface area (Å²) in [4.78, 5) is 4.11. The van der Waals surface area contributed by atoms with Crippen molar-refractivity contribution in [3.63, 3.8) is 0 Å². The van der Waals surface area contributed by atoms with Gasteiger partial charge in [0.1, 0.15) is 18.1 Å². The maximum Gasteiger partial charge on any atom is 0.234 e. The molecule has 0 unspecified atom stereocenters. The highest BCUT2D eigenvalue weighted by atomic mass is 32.2. The third-order valence-electron chi connectivity index (χ3n) is 3.48. The van der Waals surface area contributed by atoms with Crippen molar-refractivity contribution in [1.29, 1.82) is 0 Å². The Morgan fingerprint density at radius 1 is 1.29 bits per heavy atom. The summed E-state index contributed by atoms with van der Waals surface area (Å²) in [7, 11) is -3.38. The van der Waals surface area contributed by atoms with Crippen molar-refractivity contribution in [2.24, 2.45) is 5.92 Å². The number of nitrogens with zero attached hydrogens (tertiary/aromatic N) is 1. The zero-order chi connectivity index (χ0) is 15.1. The lowest BCUT2D eigenvalue weighted by atomic mass is 9.91. The van der Waals surface area contributed by atoms with E-state index in [9.17, 15) is 8.42 Å². The van der Waals surface area contributed by atoms with Crippen LogP contribution >= 0.6 is 0 Å². The second-order valence-corrected chi connectivity index (χ2v) is 7.02. The largest absolute Gasteiger partial charge is 0.384 e. The number of anilines is 1. The number of aliphatic hydroxyl groups excluding tert-OH is 1. The van der Waals surface area contributed by atoms with Gasteiger partial charge in [0.25, 0.3) is 0 Å². The molecule has 0 aliphatic heterocycles. The summed E-state index contributed by atoms with van der Waals surface area (Å²) in [5.74, 6) is 5.81. The number of nitrogens with one attached hydrogen (secondary N) is 1. The first-order valence-electron chi connectivity index (χ1n) is 7.16. The minimum absolute atomic E-state index is 0.154. The third-order valence-corrected chi connectivity index (χ3v) is 4.91. The third kappa shape index (κ3) is 5.37. The Labute approximate surface area is 125 Å². The average molecular weight is 308 g/mol. The highest BCUT2D eigenvalue weighted by molar-refractivity contribution is 7.92. The molecule has 1 fully saturated rings. The molecule has 6 heteroatoms. The van der Waals surface area contributed by atoms with E-state index >= 15 is 0 Å². The Kier molecular flexibility index (Phi) is 5.59. The summed E-state index contributed by atoms with van der Waals surface area (Å²) in [5, 5.41) is 8.65. The van der Waals surface area contributed by atoms with Gasteiger partial charge < -0.3 is 5.11 Å². The molecule has 1 heterocycles. The van der Waals surface area contributed by atoms with Crippen LogP contribution < -0.4 is 4.72 Å². The molecule has 0 bridgehead atoms. The molecule has 5 nitrogen and oxygen atoms in total. The van der Waals surface area contributed by atoms with Crippen molar-refractivity contribution >= 4 is 15.8 Å². The normalized spacial score (nSPS) is 16.0. The molecule has 0 saturated heterocycles. The standard InChI is InChI=1S/C15H20N2O3S/c18-11-5-9-14-8-4-10-15(16-14)17-21(19,20)12-13-6-2-1-3-7-13/h4,8,10,13,18H,1-3,6-7,11-12H2,(H,16,17). The van der Waals surface area contributed by atoms with E-state index in [-0.39, 0.29) is 24.1 Å². The Balaban J connectivity index is 2.02. The van der Waals surface area contributed by atoms with Crippen molar-refractivity contribution in [2.45, 2.75) is 32.1 Å². The lowest BCUT2D eigenvalue weighted by Gasteiger charge is -2.21. The van der Waals surface area contributed by atoms with Crippen LogP contribution in [0.3, 0.4) is 0 Å². The van der Waals surface area contributed by atoms with Gasteiger partial charge >= 0.3 is 0 Å². The van der Waals surface area contributed by atoms with Gasteiger partial charge in [-0.2, -0.15) is 0 Å². The maximum atomic E-state index is 12.2. The Bertz CT molecular complexity index is 626. The van der Waals surface area contributed by atoms with Crippen LogP contribution in [0, 0.1) is 17.8 Å². The Hall–Kier alpha value is -1.58. The molecular formula is C15H20N2O3S. The number of sulfonamides is 1. The van der Waals surface area contributed by atoms with Crippen LogP contribution in [-0.2, 0) is 10.0 Å². The number of pyridine rings is 1. The molecule has 1 aromatic heterocycles. The minimum Gasteiger partial charge on any atom is -0.384 e. The summed E-state index contributed by atoms with van der Waals surface area (Å²) in [6.07, 6.45) is 5.40. The van der Waals surface area contributed by atoms with Gasteiger partial charge in [0, 0.05) is 0 Å². The zero-order valence-corrected chi connectivity index (χ0v) is 12.7. The minimum atomic E-state index is -3.38. The van der Waals surface area contributed by atoms with Crippen molar-refractivity contribution in [2.75, 3.05) is 17.1 Å². The first-order chi connectivity index (χ1) is 10.1. The number of hydrogen-bond acceptors (Lipinski definition) is 4. The fraction of sp³-hybridized carbons (Fsp3) is 0.533. The second kappa shape index (κ2) is 7.43. The number of aromatic nitrogens is 1. The fourth-order valence-corrected chi connectivity index (χ4v) is 4.03. The molecular weight excluding hydrogens is 288 g/mol. The van der Waals surface area contributed by atoms with Crippen molar-refractivity contribution in [3.8, 4) is 11.8 Å². The van der Waals surface area contributed by atoms with Gasteiger partial charge in [-0.05, 0) is 36.8 Å². The molecule has 0 aromatic carbocycles. The fourth-order valence-electron chi connectivity index (χ4n) is 2.56. The molecule has 114 valence electrons. The summed E-state index contributed by atoms with van der Waals surface area (Å²) in [6.45, 7) is -0.251. The van der Waals surface area contributed by atoms with Crippen LogP contribution in [0.15, 0.2) is 18.2 Å². The van der Waals surface area contributed by atoms with Gasteiger partial charge in [-0.15, -0.1) is 0 Å². The predicted molar refractivity (Wildman–Crippen MR) is 82.2 cm³/mol. The second-order valence-electron chi connectivity index (χ2n) is 5.26. The summed E-state index contributed by atoms with van der Waals surface area (Å²) >= 11 is 0. The first-order valence-corrected chi connectivity index (χ1v) is 8.81. The molecule has 0 atom stereocenters. The van der Waals surface area contributed by atoms with Crippen LogP contribution in [0.2, 0.25) is 0 Å². The predicted octanol–water partition coefficient (Wildman–Crippen LogP) is 1.75. The molecule has 1 aromatic rings. The molecule has 0 amide bonds. The number of rotatable bonds is 4. The van der Waals surface area contributed by atoms with Gasteiger partial charge in [0.15, 0.2) is 0 Å². The van der Waals surface area contributed by atoms with E-state index in [0.29, 0.717) is 5.69 Å². The lowest BCUT2D eigenvalue weighted by molar-refractivity contribution is 0.350. The lowest BCUT2D eigenvalue weighted by Crippen LogP contribution is -2.24. The smallest absolute Gasteiger partial charge is 0.234 e. The van der Waals surface area contributed by atoms with E-state index in [4.69, 9.17) is 5.11 Å². The van der Waals surface area contributed by atoms with E-state index in [1.54, 1.807) is 18.2 Å². The quantitative estimate of drug-likeness (QED) is 0.831. The van der Waals surface area contributed by atoms with E-state index in [1.165, 1.54) is 6.42 Å². The maximum absolute atomic E-state index is 12.2. The topological polar surface area (TPSA) is 79.3 Å². The average Bonchev–Trinajstić information content (AvgIpc) is 2.45. The van der Waals surface area contributed by atoms with Gasteiger partial charge in [0.2, 0.25) is 10.0 Å². The summed E-state index contributed by atoms with van der Waals surface area (Å²) in [5.41, 5.74) is 0.432. The van der Waals surface area contributed by atoms with Crippen molar-refractivity contribution in [1.82, 2.24) is 4.98 Å². The Morgan fingerprint density at radius 3 is 2.76 bits per heavy atom. The van der Waals surface area contributed by atoms with Crippen LogP contribution in [0.5, 0.6) is 0 Å². The zero-order valence-electron chi connectivity index (χ0n) is 11.9. The van der Waals surface area contributed by atoms with Crippen LogP contribution in [0.1, 0.15) is 37.8 Å². The van der Waals surface area contributed by atoms with Gasteiger partial charge in [-0.3, -0.25) is 4.72 Å². The van der Waals surface area contributed by atoms with Crippen LogP contribution in [0.4, 0.5) is 5.82 Å². The Morgan fingerprint density at radius 2 is 2.05 bits per heavy atom. The molecule has 2 rings (SSSR count). The molecule has 1 aliphatic rings. The number of aliphatic hydroxyl groups is 1. The molecule has 21 heavy (non-hydrogen) atoms. The highest BCUT2D eigenvalue weighted by Crippen LogP contribution is 2.25. The van der Waals surface area contributed by atoms with E-state index in [0.717, 1.165) is 25.7 Å². The number of hydrogen-bond donors (Lipinski definition) is 2. The van der Waals surface area contributed by atoms with Gasteiger partial charge in [-0.25, -0.2) is 13.4 Å². The molecule has 0 radical (unpaired) electrons. The van der Waals surface area contributed by atoms with E-state index < -0.39 is 10.0 Å². The molecule has 2 N–H and O–H groups in total. The van der Waals surface area contributed by atoms with Gasteiger partial charge in [0.05, 0.1) is 5.75 Å². The van der Waals surface area contributed by atoms with Crippen LogP contribution in [0.25, 0.3) is 0 Å².